The van der Waals surface area contributed by atoms with Crippen molar-refractivity contribution in [2.75, 3.05) is 0 Å². The minimum atomic E-state index is -0.222. The van der Waals surface area contributed by atoms with Crippen LogP contribution in [0.3, 0.4) is 0 Å². The van der Waals surface area contributed by atoms with Gasteiger partial charge in [0.2, 0.25) is 0 Å². The van der Waals surface area contributed by atoms with Crippen LogP contribution in [0.1, 0.15) is 28.7 Å². The lowest BCUT2D eigenvalue weighted by molar-refractivity contribution is 0.0950. The van der Waals surface area contributed by atoms with Gasteiger partial charge in [-0.25, -0.2) is 4.68 Å². The van der Waals surface area contributed by atoms with Crippen LogP contribution in [0.5, 0.6) is 0 Å². The van der Waals surface area contributed by atoms with Crippen LogP contribution in [-0.4, -0.2) is 30.5 Å². The Morgan fingerprint density at radius 1 is 1.13 bits per heavy atom. The molecule has 0 aliphatic carbocycles. The highest BCUT2D eigenvalue weighted by Gasteiger charge is 2.19. The van der Waals surface area contributed by atoms with Crippen LogP contribution < -0.4 is 5.32 Å². The Bertz CT molecular complexity index is 1220. The number of para-hydroxylation sites is 1. The fourth-order valence-corrected chi connectivity index (χ4v) is 3.31. The highest BCUT2D eigenvalue weighted by Crippen LogP contribution is 2.24. The number of aryl methyl sites for hydroxylation is 1. The lowest BCUT2D eigenvalue weighted by atomic mass is 10.0. The molecule has 2 aromatic carbocycles. The summed E-state index contributed by atoms with van der Waals surface area (Å²) in [5.41, 5.74) is 4.15. The maximum Gasteiger partial charge on any atom is 0.255 e. The van der Waals surface area contributed by atoms with Gasteiger partial charge in [0.05, 0.1) is 17.8 Å². The zero-order chi connectivity index (χ0) is 21.1. The van der Waals surface area contributed by atoms with E-state index in [1.807, 2.05) is 49.5 Å². The highest BCUT2D eigenvalue weighted by atomic mass is 32.1. The van der Waals surface area contributed by atoms with Crippen LogP contribution >= 0.6 is 12.2 Å². The fourth-order valence-electron chi connectivity index (χ4n) is 3.16. The van der Waals surface area contributed by atoms with Gasteiger partial charge in [-0.2, -0.15) is 10.2 Å². The highest BCUT2D eigenvalue weighted by molar-refractivity contribution is 7.71. The first-order chi connectivity index (χ1) is 14.6. The zero-order valence-electron chi connectivity index (χ0n) is 16.8. The summed E-state index contributed by atoms with van der Waals surface area (Å²) in [6.07, 6.45) is 2.72. The van der Waals surface area contributed by atoms with Crippen LogP contribution in [0.25, 0.3) is 16.9 Å². The molecule has 4 rings (SSSR count). The summed E-state index contributed by atoms with van der Waals surface area (Å²) in [5.74, 6) is 0.429. The number of aromatic amines is 1. The van der Waals surface area contributed by atoms with Crippen molar-refractivity contribution in [2.24, 2.45) is 7.05 Å². The predicted molar refractivity (Wildman–Crippen MR) is 118 cm³/mol. The van der Waals surface area contributed by atoms with Gasteiger partial charge in [0, 0.05) is 18.8 Å². The Morgan fingerprint density at radius 2 is 1.87 bits per heavy atom. The first kappa shape index (κ1) is 19.8. The molecular weight excluding hydrogens is 396 g/mol. The molecule has 1 amide bonds. The largest absolute Gasteiger partial charge is 0.345 e. The maximum atomic E-state index is 13.1. The molecule has 7 nitrogen and oxygen atoms in total. The molecule has 0 spiro atoms. The van der Waals surface area contributed by atoms with Crippen molar-refractivity contribution in [3.8, 4) is 16.9 Å². The van der Waals surface area contributed by atoms with E-state index in [0.717, 1.165) is 17.7 Å². The molecule has 0 radical (unpaired) electrons. The lowest BCUT2D eigenvalue weighted by Gasteiger charge is -2.06. The van der Waals surface area contributed by atoms with Crippen LogP contribution in [-0.2, 0) is 20.0 Å². The quantitative estimate of drug-likeness (QED) is 0.467. The molecular formula is C22H22N6OS. The van der Waals surface area contributed by atoms with Crippen molar-refractivity contribution in [3.63, 3.8) is 0 Å². The molecule has 0 aliphatic rings. The van der Waals surface area contributed by atoms with Crippen LogP contribution in [0.2, 0.25) is 0 Å². The minimum Gasteiger partial charge on any atom is -0.345 e. The van der Waals surface area contributed by atoms with Crippen molar-refractivity contribution >= 4 is 18.1 Å². The van der Waals surface area contributed by atoms with Crippen molar-refractivity contribution in [1.82, 2.24) is 29.9 Å². The molecule has 0 fully saturated rings. The van der Waals surface area contributed by atoms with E-state index in [1.165, 1.54) is 5.56 Å². The molecule has 30 heavy (non-hydrogen) atoms. The second-order valence-corrected chi connectivity index (χ2v) is 7.30. The summed E-state index contributed by atoms with van der Waals surface area (Å²) in [7, 11) is 1.81. The van der Waals surface area contributed by atoms with E-state index in [0.29, 0.717) is 21.9 Å². The Morgan fingerprint density at radius 3 is 2.50 bits per heavy atom. The minimum absolute atomic E-state index is 0.222. The number of nitrogens with one attached hydrogen (secondary N) is 2. The number of aromatic nitrogens is 5. The lowest BCUT2D eigenvalue weighted by Crippen LogP contribution is -2.24. The summed E-state index contributed by atoms with van der Waals surface area (Å²) in [6.45, 7) is 2.37. The SMILES string of the molecule is CCc1ccc(-c2nn(-c3ccccc3)cc2C(=O)NCc2n[nH]c(=S)n2C)cc1. The number of nitrogens with zero attached hydrogens (tertiary/aromatic N) is 4. The zero-order valence-corrected chi connectivity index (χ0v) is 17.6. The Balaban J connectivity index is 1.68. The molecule has 2 N–H and O–H groups in total. The van der Waals surface area contributed by atoms with Gasteiger partial charge >= 0.3 is 0 Å². The standard InChI is InChI=1S/C22H22N6OS/c1-3-15-9-11-16(12-10-15)20-18(14-28(26-20)17-7-5-4-6-8-17)21(29)23-13-19-24-25-22(30)27(19)2/h4-12,14H,3,13H2,1-2H3,(H,23,29)(H,25,30). The number of amides is 1. The number of H-pyrrole nitrogens is 1. The molecule has 8 heteroatoms. The molecule has 152 valence electrons. The first-order valence-corrected chi connectivity index (χ1v) is 10.1. The van der Waals surface area contributed by atoms with E-state index >= 15 is 0 Å². The van der Waals surface area contributed by atoms with Crippen molar-refractivity contribution in [3.05, 3.63) is 82.5 Å². The molecule has 0 atom stereocenters. The van der Waals surface area contributed by atoms with Gasteiger partial charge < -0.3 is 9.88 Å². The maximum absolute atomic E-state index is 13.1. The van der Waals surface area contributed by atoms with Gasteiger partial charge in [0.15, 0.2) is 10.6 Å². The molecule has 2 aromatic heterocycles. The number of benzene rings is 2. The van der Waals surface area contributed by atoms with Crippen LogP contribution in [0.15, 0.2) is 60.8 Å². The molecule has 2 heterocycles. The number of rotatable bonds is 6. The van der Waals surface area contributed by atoms with Gasteiger partial charge in [-0.05, 0) is 36.3 Å². The normalized spacial score (nSPS) is 10.9. The van der Waals surface area contributed by atoms with Crippen molar-refractivity contribution in [1.29, 1.82) is 0 Å². The van der Waals surface area contributed by atoms with E-state index in [9.17, 15) is 4.79 Å². The van der Waals surface area contributed by atoms with Gasteiger partial charge in [-0.15, -0.1) is 0 Å². The Hall–Kier alpha value is -3.52. The van der Waals surface area contributed by atoms with E-state index in [4.69, 9.17) is 17.3 Å². The summed E-state index contributed by atoms with van der Waals surface area (Å²) >= 11 is 5.13. The van der Waals surface area contributed by atoms with E-state index < -0.39 is 0 Å². The molecule has 0 unspecified atom stereocenters. The second-order valence-electron chi connectivity index (χ2n) is 6.91. The van der Waals surface area contributed by atoms with E-state index in [1.54, 1.807) is 15.4 Å². The van der Waals surface area contributed by atoms with E-state index in [2.05, 4.69) is 34.6 Å². The fraction of sp³-hybridized carbons (Fsp3) is 0.182. The smallest absolute Gasteiger partial charge is 0.255 e. The van der Waals surface area contributed by atoms with Gasteiger partial charge in [0.25, 0.3) is 5.91 Å². The average Bonchev–Trinajstić information content (AvgIpc) is 3.37. The number of carbonyl (C=O) groups is 1. The molecule has 0 saturated heterocycles. The third-order valence-corrected chi connectivity index (χ3v) is 5.36. The summed E-state index contributed by atoms with van der Waals surface area (Å²) < 4.78 is 3.97. The molecule has 0 bridgehead atoms. The van der Waals surface area contributed by atoms with Crippen LogP contribution in [0, 0.1) is 4.77 Å². The predicted octanol–water partition coefficient (Wildman–Crippen LogP) is 3.82. The van der Waals surface area contributed by atoms with E-state index in [-0.39, 0.29) is 12.5 Å². The molecule has 0 aliphatic heterocycles. The summed E-state index contributed by atoms with van der Waals surface area (Å²) in [5, 5.41) is 14.5. The third kappa shape index (κ3) is 3.95. The summed E-state index contributed by atoms with van der Waals surface area (Å²) in [4.78, 5) is 13.1. The monoisotopic (exact) mass is 418 g/mol. The Labute approximate surface area is 179 Å². The van der Waals surface area contributed by atoms with Crippen molar-refractivity contribution < 1.29 is 4.79 Å². The van der Waals surface area contributed by atoms with Crippen LogP contribution in [0.4, 0.5) is 0 Å². The third-order valence-electron chi connectivity index (χ3n) is 4.99. The first-order valence-electron chi connectivity index (χ1n) is 9.69. The number of hydrogen-bond donors (Lipinski definition) is 2. The topological polar surface area (TPSA) is 80.5 Å². The Kier molecular flexibility index (Phi) is 5.58. The van der Waals surface area contributed by atoms with Crippen molar-refractivity contribution in [2.45, 2.75) is 19.9 Å². The van der Waals surface area contributed by atoms with Gasteiger partial charge in [0.1, 0.15) is 5.69 Å². The molecule has 0 saturated carbocycles. The van der Waals surface area contributed by atoms with Gasteiger partial charge in [-0.1, -0.05) is 49.4 Å². The molecule has 4 aromatic rings. The average molecular weight is 419 g/mol. The number of carbonyl (C=O) groups excluding carboxylic acids is 1. The van der Waals surface area contributed by atoms with Gasteiger partial charge in [-0.3, -0.25) is 9.89 Å². The number of hydrogen-bond acceptors (Lipinski definition) is 4. The summed E-state index contributed by atoms with van der Waals surface area (Å²) in [6, 6.07) is 17.9. The second kappa shape index (κ2) is 8.46.